The molecule has 0 fully saturated rings. The van der Waals surface area contributed by atoms with Gasteiger partial charge in [-0.05, 0) is 18.6 Å². The molecule has 1 heterocycles. The zero-order valence-corrected chi connectivity index (χ0v) is 21.3. The minimum absolute atomic E-state index is 0.0788. The van der Waals surface area contributed by atoms with E-state index in [0.717, 1.165) is 29.4 Å². The summed E-state index contributed by atoms with van der Waals surface area (Å²) in [6, 6.07) is 12.2. The average Bonchev–Trinajstić information content (AvgIpc) is 2.85. The Morgan fingerprint density at radius 1 is 0.697 bits per heavy atom. The molecule has 0 aliphatic carbocycles. The fraction of sp³-hybridized carbons (Fsp3) is 0.700. The van der Waals surface area contributed by atoms with Gasteiger partial charge in [0.2, 0.25) is 0 Å². The van der Waals surface area contributed by atoms with Crippen LogP contribution in [0.15, 0.2) is 36.4 Å². The highest BCUT2D eigenvalue weighted by molar-refractivity contribution is 5.78. The van der Waals surface area contributed by atoms with E-state index in [0.29, 0.717) is 6.61 Å². The second-order valence-corrected chi connectivity index (χ2v) is 9.70. The molecule has 2 aromatic rings. The fourth-order valence-corrected chi connectivity index (χ4v) is 4.54. The minimum Gasteiger partial charge on any atom is -0.394 e. The number of hydrogen-bond acceptors (Lipinski definition) is 3. The molecule has 0 radical (unpaired) electrons. The number of fused-ring (bicyclic) bond motifs is 1. The van der Waals surface area contributed by atoms with Gasteiger partial charge in [-0.2, -0.15) is 0 Å². The summed E-state index contributed by atoms with van der Waals surface area (Å²) in [6.45, 7) is 2.84. The smallest absolute Gasteiger partial charge is 0.0893 e. The Morgan fingerprint density at radius 2 is 1.24 bits per heavy atom. The number of hydrogen-bond donors (Lipinski definition) is 1. The van der Waals surface area contributed by atoms with Crippen LogP contribution in [-0.2, 0) is 11.3 Å². The van der Waals surface area contributed by atoms with Gasteiger partial charge in [0, 0.05) is 5.39 Å². The zero-order valence-electron chi connectivity index (χ0n) is 21.3. The third-order valence-electron chi connectivity index (χ3n) is 6.71. The number of nitrogens with zero attached hydrogens (tertiary/aromatic N) is 1. The monoisotopic (exact) mass is 455 g/mol. The van der Waals surface area contributed by atoms with Gasteiger partial charge >= 0.3 is 0 Å². The van der Waals surface area contributed by atoms with Crippen molar-refractivity contribution in [2.75, 3.05) is 6.61 Å². The van der Waals surface area contributed by atoms with Gasteiger partial charge in [-0.15, -0.1) is 0 Å². The van der Waals surface area contributed by atoms with Crippen LogP contribution in [0.2, 0.25) is 0 Å². The van der Waals surface area contributed by atoms with Crippen molar-refractivity contribution < 1.29 is 9.84 Å². The van der Waals surface area contributed by atoms with Crippen molar-refractivity contribution in [1.29, 1.82) is 0 Å². The van der Waals surface area contributed by atoms with Crippen LogP contribution < -0.4 is 0 Å². The van der Waals surface area contributed by atoms with Crippen molar-refractivity contribution in [3.8, 4) is 0 Å². The largest absolute Gasteiger partial charge is 0.394 e. The van der Waals surface area contributed by atoms with Crippen LogP contribution in [0.3, 0.4) is 0 Å². The molecule has 3 nitrogen and oxygen atoms in total. The molecule has 1 aromatic carbocycles. The summed E-state index contributed by atoms with van der Waals surface area (Å²) >= 11 is 0. The van der Waals surface area contributed by atoms with E-state index in [1.807, 2.05) is 24.3 Å². The molecule has 0 aliphatic rings. The first-order valence-electron chi connectivity index (χ1n) is 13.9. The normalized spacial score (nSPS) is 12.4. The molecule has 0 bridgehead atoms. The van der Waals surface area contributed by atoms with Crippen LogP contribution in [0, 0.1) is 0 Å². The van der Waals surface area contributed by atoms with Gasteiger partial charge in [-0.25, -0.2) is 0 Å². The van der Waals surface area contributed by atoms with E-state index in [4.69, 9.17) is 4.74 Å². The van der Waals surface area contributed by atoms with Gasteiger partial charge < -0.3 is 9.84 Å². The van der Waals surface area contributed by atoms with Crippen molar-refractivity contribution >= 4 is 10.9 Å². The van der Waals surface area contributed by atoms with Crippen LogP contribution in [0.5, 0.6) is 0 Å². The standard InChI is InChI=1S/C30H49NO2/c1-2-3-4-5-6-7-8-9-10-11-12-13-14-15-16-17-21-29(25-32)33-26-28-24-23-27-20-18-19-22-30(27)31-28/h18-20,22-24,29,32H,2-17,21,25-26H2,1H3. The van der Waals surface area contributed by atoms with Crippen LogP contribution in [0.4, 0.5) is 0 Å². The first-order valence-corrected chi connectivity index (χ1v) is 13.9. The van der Waals surface area contributed by atoms with Gasteiger partial charge in [0.25, 0.3) is 0 Å². The fourth-order valence-electron chi connectivity index (χ4n) is 4.54. The van der Waals surface area contributed by atoms with Crippen molar-refractivity contribution in [1.82, 2.24) is 4.98 Å². The predicted octanol–water partition coefficient (Wildman–Crippen LogP) is 8.76. The molecule has 0 saturated carbocycles. The lowest BCUT2D eigenvalue weighted by Gasteiger charge is -2.15. The number of pyridine rings is 1. The van der Waals surface area contributed by atoms with Gasteiger partial charge in [-0.1, -0.05) is 134 Å². The molecule has 0 saturated heterocycles. The molecule has 1 atom stereocenters. The zero-order chi connectivity index (χ0) is 23.4. The Hall–Kier alpha value is -1.45. The maximum absolute atomic E-state index is 9.66. The van der Waals surface area contributed by atoms with Crippen LogP contribution >= 0.6 is 0 Å². The lowest BCUT2D eigenvalue weighted by molar-refractivity contribution is -0.00471. The molecule has 186 valence electrons. The molecule has 1 N–H and O–H groups in total. The number of aliphatic hydroxyl groups is 1. The lowest BCUT2D eigenvalue weighted by Crippen LogP contribution is -2.17. The highest BCUT2D eigenvalue weighted by atomic mass is 16.5. The second kappa shape index (κ2) is 18.9. The minimum atomic E-state index is -0.0788. The maximum Gasteiger partial charge on any atom is 0.0893 e. The summed E-state index contributed by atoms with van der Waals surface area (Å²) in [7, 11) is 0. The van der Waals surface area contributed by atoms with Gasteiger partial charge in [0.1, 0.15) is 0 Å². The molecule has 0 aliphatic heterocycles. The van der Waals surface area contributed by atoms with E-state index in [9.17, 15) is 5.11 Å². The third-order valence-corrected chi connectivity index (χ3v) is 6.71. The van der Waals surface area contributed by atoms with Gasteiger partial charge in [-0.3, -0.25) is 4.98 Å². The molecular weight excluding hydrogens is 406 g/mol. The quantitative estimate of drug-likeness (QED) is 0.191. The summed E-state index contributed by atoms with van der Waals surface area (Å²) in [5.74, 6) is 0. The molecular formula is C30H49NO2. The van der Waals surface area contributed by atoms with E-state index in [1.54, 1.807) is 0 Å². The van der Waals surface area contributed by atoms with Crippen LogP contribution in [0.25, 0.3) is 10.9 Å². The molecule has 3 heteroatoms. The van der Waals surface area contributed by atoms with Crippen LogP contribution in [-0.4, -0.2) is 22.8 Å². The number of aliphatic hydroxyl groups excluding tert-OH is 1. The van der Waals surface area contributed by atoms with Crippen LogP contribution in [0.1, 0.15) is 122 Å². The first-order chi connectivity index (χ1) is 16.3. The molecule has 0 amide bonds. The van der Waals surface area contributed by atoms with E-state index in [1.165, 1.54) is 96.3 Å². The molecule has 0 spiro atoms. The Balaban J connectivity index is 1.39. The summed E-state index contributed by atoms with van der Waals surface area (Å²) in [5.41, 5.74) is 1.93. The Morgan fingerprint density at radius 3 is 1.82 bits per heavy atom. The van der Waals surface area contributed by atoms with E-state index in [-0.39, 0.29) is 12.7 Å². The summed E-state index contributed by atoms with van der Waals surface area (Å²) in [6.07, 6.45) is 22.9. The predicted molar refractivity (Wildman–Crippen MR) is 142 cm³/mol. The second-order valence-electron chi connectivity index (χ2n) is 9.70. The summed E-state index contributed by atoms with van der Waals surface area (Å²) < 4.78 is 5.94. The van der Waals surface area contributed by atoms with Crippen molar-refractivity contribution in [2.24, 2.45) is 0 Å². The molecule has 1 aromatic heterocycles. The number of ether oxygens (including phenoxy) is 1. The van der Waals surface area contributed by atoms with Crippen molar-refractivity contribution in [2.45, 2.75) is 129 Å². The SMILES string of the molecule is CCCCCCCCCCCCCCCCCCC(CO)OCc1ccc2ccccc2n1. The number of aromatic nitrogens is 1. The lowest BCUT2D eigenvalue weighted by atomic mass is 10.0. The topological polar surface area (TPSA) is 42.4 Å². The number of benzene rings is 1. The highest BCUT2D eigenvalue weighted by Crippen LogP contribution is 2.16. The molecule has 1 unspecified atom stereocenters. The molecule has 33 heavy (non-hydrogen) atoms. The number of rotatable bonds is 21. The first kappa shape index (κ1) is 27.8. The summed E-state index contributed by atoms with van der Waals surface area (Å²) in [5, 5.41) is 10.8. The van der Waals surface area contributed by atoms with E-state index >= 15 is 0 Å². The van der Waals surface area contributed by atoms with Crippen molar-refractivity contribution in [3.05, 3.63) is 42.1 Å². The Bertz CT molecular complexity index is 717. The Labute approximate surface area is 203 Å². The average molecular weight is 456 g/mol. The third kappa shape index (κ3) is 13.1. The molecule has 2 rings (SSSR count). The number of unbranched alkanes of at least 4 members (excludes halogenated alkanes) is 15. The van der Waals surface area contributed by atoms with Gasteiger partial charge in [0.15, 0.2) is 0 Å². The van der Waals surface area contributed by atoms with E-state index in [2.05, 4.69) is 24.0 Å². The Kier molecular flexibility index (Phi) is 15.9. The van der Waals surface area contributed by atoms with Gasteiger partial charge in [0.05, 0.1) is 30.5 Å². The van der Waals surface area contributed by atoms with E-state index < -0.39 is 0 Å². The maximum atomic E-state index is 9.66. The number of para-hydroxylation sites is 1. The highest BCUT2D eigenvalue weighted by Gasteiger charge is 2.09. The summed E-state index contributed by atoms with van der Waals surface area (Å²) in [4.78, 5) is 4.65. The van der Waals surface area contributed by atoms with Crippen molar-refractivity contribution in [3.63, 3.8) is 0 Å².